The second-order valence-corrected chi connectivity index (χ2v) is 6.89. The van der Waals surface area contributed by atoms with Crippen LogP contribution in [0.5, 0.6) is 11.5 Å². The molecule has 0 saturated heterocycles. The molecule has 7 nitrogen and oxygen atoms in total. The Morgan fingerprint density at radius 1 is 1.00 bits per heavy atom. The quantitative estimate of drug-likeness (QED) is 0.498. The summed E-state index contributed by atoms with van der Waals surface area (Å²) in [7, 11) is 0. The highest BCUT2D eigenvalue weighted by Crippen LogP contribution is 2.19. The molecule has 0 aliphatic rings. The van der Waals surface area contributed by atoms with E-state index in [2.05, 4.69) is 10.3 Å². The van der Waals surface area contributed by atoms with Gasteiger partial charge in [0.25, 0.3) is 11.5 Å². The maximum absolute atomic E-state index is 12.4. The summed E-state index contributed by atoms with van der Waals surface area (Å²) < 4.78 is 12.9. The van der Waals surface area contributed by atoms with Crippen LogP contribution >= 0.6 is 0 Å². The minimum Gasteiger partial charge on any atom is -0.487 e. The average molecular weight is 415 g/mol. The molecule has 7 heteroatoms. The number of aromatic nitrogens is 2. The molecule has 1 amide bonds. The molecule has 31 heavy (non-hydrogen) atoms. The van der Waals surface area contributed by atoms with Crippen molar-refractivity contribution in [3.63, 3.8) is 0 Å². The smallest absolute Gasteiger partial charge is 0.265 e. The molecule has 0 fully saturated rings. The third-order valence-electron chi connectivity index (χ3n) is 4.54. The van der Waals surface area contributed by atoms with Crippen molar-refractivity contribution in [1.82, 2.24) is 9.38 Å². The van der Waals surface area contributed by atoms with E-state index in [9.17, 15) is 9.59 Å². The Kier molecular flexibility index (Phi) is 5.93. The van der Waals surface area contributed by atoms with Gasteiger partial charge in [-0.25, -0.2) is 4.98 Å². The number of carbonyl (C=O) groups is 1. The second kappa shape index (κ2) is 9.13. The average Bonchev–Trinajstić information content (AvgIpc) is 2.79. The van der Waals surface area contributed by atoms with Crippen LogP contribution in [0.3, 0.4) is 0 Å². The molecule has 4 aromatic rings. The van der Waals surface area contributed by atoms with Gasteiger partial charge in [0, 0.05) is 24.0 Å². The predicted molar refractivity (Wildman–Crippen MR) is 117 cm³/mol. The number of carbonyl (C=O) groups excluding carboxylic acids is 1. The third kappa shape index (κ3) is 5.08. The lowest BCUT2D eigenvalue weighted by Crippen LogP contribution is -2.30. The Morgan fingerprint density at radius 3 is 2.61 bits per heavy atom. The van der Waals surface area contributed by atoms with E-state index in [1.807, 2.05) is 24.3 Å². The van der Waals surface area contributed by atoms with E-state index < -0.39 is 6.10 Å². The van der Waals surface area contributed by atoms with E-state index in [0.717, 1.165) is 0 Å². The summed E-state index contributed by atoms with van der Waals surface area (Å²) in [5, 5.41) is 2.82. The second-order valence-electron chi connectivity index (χ2n) is 6.89. The number of nitrogens with one attached hydrogen (secondary N) is 1. The number of para-hydroxylation sites is 1. The van der Waals surface area contributed by atoms with Crippen LogP contribution in [0.25, 0.3) is 5.65 Å². The molecule has 0 bridgehead atoms. The molecule has 0 unspecified atom stereocenters. The van der Waals surface area contributed by atoms with Crippen molar-refractivity contribution in [3.8, 4) is 11.5 Å². The molecule has 1 N–H and O–H groups in total. The summed E-state index contributed by atoms with van der Waals surface area (Å²) in [5.41, 5.74) is 1.49. The first-order valence-electron chi connectivity index (χ1n) is 9.81. The Bertz CT molecular complexity index is 1250. The SMILES string of the molecule is C[C@H](Oc1ccccc1)C(=O)Nc1cccc(OCc2cc(=O)n3ccccc3n2)c1. The van der Waals surface area contributed by atoms with Crippen molar-refractivity contribution in [3.05, 3.63) is 101 Å². The molecule has 0 spiro atoms. The van der Waals surface area contributed by atoms with Gasteiger partial charge < -0.3 is 14.8 Å². The maximum atomic E-state index is 12.4. The van der Waals surface area contributed by atoms with Gasteiger partial charge >= 0.3 is 0 Å². The maximum Gasteiger partial charge on any atom is 0.265 e. The Hall–Kier alpha value is -4.13. The largest absolute Gasteiger partial charge is 0.487 e. The van der Waals surface area contributed by atoms with Crippen LogP contribution in [0.1, 0.15) is 12.6 Å². The van der Waals surface area contributed by atoms with Crippen molar-refractivity contribution < 1.29 is 14.3 Å². The fourth-order valence-corrected chi connectivity index (χ4v) is 3.00. The topological polar surface area (TPSA) is 81.9 Å². The number of hydrogen-bond acceptors (Lipinski definition) is 5. The molecule has 0 radical (unpaired) electrons. The van der Waals surface area contributed by atoms with Crippen molar-refractivity contribution >= 4 is 17.2 Å². The van der Waals surface area contributed by atoms with Crippen LogP contribution in [0.15, 0.2) is 89.9 Å². The van der Waals surface area contributed by atoms with Gasteiger partial charge in [-0.3, -0.25) is 14.0 Å². The lowest BCUT2D eigenvalue weighted by Gasteiger charge is -2.15. The van der Waals surface area contributed by atoms with Crippen LogP contribution in [0.2, 0.25) is 0 Å². The van der Waals surface area contributed by atoms with Crippen molar-refractivity contribution in [2.24, 2.45) is 0 Å². The number of pyridine rings is 1. The van der Waals surface area contributed by atoms with E-state index in [4.69, 9.17) is 9.47 Å². The molecule has 2 aromatic heterocycles. The Labute approximate surface area is 178 Å². The number of fused-ring (bicyclic) bond motifs is 1. The van der Waals surface area contributed by atoms with E-state index in [1.54, 1.807) is 61.7 Å². The van der Waals surface area contributed by atoms with Crippen LogP contribution in [-0.2, 0) is 11.4 Å². The lowest BCUT2D eigenvalue weighted by molar-refractivity contribution is -0.122. The number of hydrogen-bond donors (Lipinski definition) is 1. The van der Waals surface area contributed by atoms with Crippen LogP contribution in [-0.4, -0.2) is 21.4 Å². The van der Waals surface area contributed by atoms with Crippen molar-refractivity contribution in [1.29, 1.82) is 0 Å². The lowest BCUT2D eigenvalue weighted by atomic mass is 10.2. The molecule has 2 heterocycles. The molecule has 2 aromatic carbocycles. The number of rotatable bonds is 7. The van der Waals surface area contributed by atoms with Crippen LogP contribution < -0.4 is 20.3 Å². The fraction of sp³-hybridized carbons (Fsp3) is 0.125. The zero-order valence-electron chi connectivity index (χ0n) is 16.9. The summed E-state index contributed by atoms with van der Waals surface area (Å²) in [4.78, 5) is 29.1. The van der Waals surface area contributed by atoms with Gasteiger partial charge in [0.1, 0.15) is 23.8 Å². The highest BCUT2D eigenvalue weighted by atomic mass is 16.5. The standard InChI is InChI=1S/C24H21N3O4/c1-17(31-20-9-3-2-4-10-20)24(29)26-18-8-7-11-21(14-18)30-16-19-15-23(28)27-13-6-5-12-22(27)25-19/h2-15,17H,16H2,1H3,(H,26,29)/t17-/m0/s1. The minimum absolute atomic E-state index is 0.131. The van der Waals surface area contributed by atoms with E-state index in [0.29, 0.717) is 28.5 Å². The van der Waals surface area contributed by atoms with Gasteiger partial charge in [0.15, 0.2) is 6.10 Å². The monoisotopic (exact) mass is 415 g/mol. The van der Waals surface area contributed by atoms with Crippen molar-refractivity contribution in [2.75, 3.05) is 5.32 Å². The first-order chi connectivity index (χ1) is 15.1. The summed E-state index contributed by atoms with van der Waals surface area (Å²) in [6.45, 7) is 1.82. The van der Waals surface area contributed by atoms with Gasteiger partial charge in [-0.2, -0.15) is 0 Å². The van der Waals surface area contributed by atoms with Gasteiger partial charge in [0.05, 0.1) is 5.69 Å². The number of amides is 1. The van der Waals surface area contributed by atoms with E-state index in [1.165, 1.54) is 10.5 Å². The molecular formula is C24H21N3O4. The fourth-order valence-electron chi connectivity index (χ4n) is 3.00. The molecule has 0 aliphatic heterocycles. The van der Waals surface area contributed by atoms with Gasteiger partial charge in [-0.05, 0) is 43.3 Å². The van der Waals surface area contributed by atoms with Crippen molar-refractivity contribution in [2.45, 2.75) is 19.6 Å². The van der Waals surface area contributed by atoms with Gasteiger partial charge in [0.2, 0.25) is 0 Å². The molecule has 0 aliphatic carbocycles. The van der Waals surface area contributed by atoms with Crippen LogP contribution in [0, 0.1) is 0 Å². The van der Waals surface area contributed by atoms with Gasteiger partial charge in [-0.15, -0.1) is 0 Å². The summed E-state index contributed by atoms with van der Waals surface area (Å²) >= 11 is 0. The summed E-state index contributed by atoms with van der Waals surface area (Å²) in [6.07, 6.45) is 1.01. The zero-order valence-corrected chi connectivity index (χ0v) is 16.9. The van der Waals surface area contributed by atoms with Gasteiger partial charge in [-0.1, -0.05) is 30.3 Å². The number of ether oxygens (including phenoxy) is 2. The molecule has 156 valence electrons. The first kappa shape index (κ1) is 20.2. The van der Waals surface area contributed by atoms with Crippen LogP contribution in [0.4, 0.5) is 5.69 Å². The Morgan fingerprint density at radius 2 is 1.77 bits per heavy atom. The minimum atomic E-state index is -0.665. The highest BCUT2D eigenvalue weighted by molar-refractivity contribution is 5.94. The number of anilines is 1. The zero-order chi connectivity index (χ0) is 21.6. The normalized spacial score (nSPS) is 11.6. The van der Waals surface area contributed by atoms with E-state index in [-0.39, 0.29) is 18.1 Å². The number of nitrogens with zero attached hydrogens (tertiary/aromatic N) is 2. The summed E-state index contributed by atoms with van der Waals surface area (Å²) in [6, 6.07) is 23.0. The first-order valence-corrected chi connectivity index (χ1v) is 9.81. The summed E-state index contributed by atoms with van der Waals surface area (Å²) in [5.74, 6) is 0.899. The molecule has 0 saturated carbocycles. The molecular weight excluding hydrogens is 394 g/mol. The predicted octanol–water partition coefficient (Wildman–Crippen LogP) is 3.68. The third-order valence-corrected chi connectivity index (χ3v) is 4.54. The molecule has 4 rings (SSSR count). The highest BCUT2D eigenvalue weighted by Gasteiger charge is 2.15. The molecule has 1 atom stereocenters. The number of benzene rings is 2. The van der Waals surface area contributed by atoms with E-state index >= 15 is 0 Å². The Balaban J connectivity index is 1.39.